The van der Waals surface area contributed by atoms with Crippen LogP contribution in [0.15, 0.2) is 18.2 Å². The van der Waals surface area contributed by atoms with Gasteiger partial charge < -0.3 is 10.6 Å². The SMILES string of the molecule is C[C@@H]1CCCN(c2ccc([C@@H](C)N)cc2Cl)C1. The molecule has 1 aromatic rings. The molecule has 0 unspecified atom stereocenters. The zero-order valence-electron chi connectivity index (χ0n) is 10.6. The fourth-order valence-electron chi connectivity index (χ4n) is 2.47. The Kier molecular flexibility index (Phi) is 3.95. The Bertz CT molecular complexity index is 390. The summed E-state index contributed by atoms with van der Waals surface area (Å²) in [6, 6.07) is 6.24. The minimum Gasteiger partial charge on any atom is -0.370 e. The highest BCUT2D eigenvalue weighted by atomic mass is 35.5. The first-order valence-corrected chi connectivity index (χ1v) is 6.75. The molecule has 0 aliphatic carbocycles. The molecule has 0 spiro atoms. The molecule has 2 N–H and O–H groups in total. The van der Waals surface area contributed by atoms with E-state index in [2.05, 4.69) is 24.0 Å². The predicted octanol–water partition coefficient (Wildman–Crippen LogP) is 3.60. The van der Waals surface area contributed by atoms with Gasteiger partial charge in [0.1, 0.15) is 0 Å². The molecule has 0 saturated carbocycles. The van der Waals surface area contributed by atoms with Crippen LogP contribution in [0.3, 0.4) is 0 Å². The minimum atomic E-state index is 0.0434. The maximum absolute atomic E-state index is 6.36. The Hall–Kier alpha value is -0.730. The van der Waals surface area contributed by atoms with E-state index in [0.717, 1.165) is 35.3 Å². The lowest BCUT2D eigenvalue weighted by atomic mass is 9.99. The number of hydrogen-bond acceptors (Lipinski definition) is 2. The molecular formula is C14H21ClN2. The smallest absolute Gasteiger partial charge is 0.0642 e. The molecule has 94 valence electrons. The van der Waals surface area contributed by atoms with E-state index in [9.17, 15) is 0 Å². The van der Waals surface area contributed by atoms with Crippen molar-refractivity contribution >= 4 is 17.3 Å². The monoisotopic (exact) mass is 252 g/mol. The van der Waals surface area contributed by atoms with Crippen molar-refractivity contribution in [3.8, 4) is 0 Å². The number of rotatable bonds is 2. The zero-order chi connectivity index (χ0) is 12.4. The van der Waals surface area contributed by atoms with Crippen molar-refractivity contribution in [2.75, 3.05) is 18.0 Å². The normalized spacial score (nSPS) is 22.6. The average Bonchev–Trinajstić information content (AvgIpc) is 2.28. The van der Waals surface area contributed by atoms with Gasteiger partial charge >= 0.3 is 0 Å². The summed E-state index contributed by atoms with van der Waals surface area (Å²) in [4.78, 5) is 2.39. The Morgan fingerprint density at radius 3 is 2.82 bits per heavy atom. The first-order valence-electron chi connectivity index (χ1n) is 6.38. The fraction of sp³-hybridized carbons (Fsp3) is 0.571. The van der Waals surface area contributed by atoms with Crippen LogP contribution in [0.25, 0.3) is 0 Å². The van der Waals surface area contributed by atoms with Crippen molar-refractivity contribution in [1.82, 2.24) is 0 Å². The van der Waals surface area contributed by atoms with E-state index >= 15 is 0 Å². The van der Waals surface area contributed by atoms with Gasteiger partial charge in [0.15, 0.2) is 0 Å². The standard InChI is InChI=1S/C14H21ClN2/c1-10-4-3-7-17(9-10)14-6-5-12(11(2)16)8-13(14)15/h5-6,8,10-11H,3-4,7,9,16H2,1-2H3/t10-,11-/m1/s1. The molecule has 0 radical (unpaired) electrons. The quantitative estimate of drug-likeness (QED) is 0.872. The molecule has 2 nitrogen and oxygen atoms in total. The molecule has 0 bridgehead atoms. The average molecular weight is 253 g/mol. The fourth-order valence-corrected chi connectivity index (χ4v) is 2.78. The summed E-state index contributed by atoms with van der Waals surface area (Å²) < 4.78 is 0. The van der Waals surface area contributed by atoms with Crippen LogP contribution in [0.2, 0.25) is 5.02 Å². The van der Waals surface area contributed by atoms with Crippen LogP contribution < -0.4 is 10.6 Å². The Morgan fingerprint density at radius 1 is 1.47 bits per heavy atom. The number of anilines is 1. The number of nitrogens with two attached hydrogens (primary N) is 1. The van der Waals surface area contributed by atoms with Gasteiger partial charge in [-0.3, -0.25) is 0 Å². The maximum atomic E-state index is 6.36. The van der Waals surface area contributed by atoms with Gasteiger partial charge in [0.05, 0.1) is 10.7 Å². The highest BCUT2D eigenvalue weighted by Crippen LogP contribution is 2.31. The van der Waals surface area contributed by atoms with Gasteiger partial charge in [0.25, 0.3) is 0 Å². The minimum absolute atomic E-state index is 0.0434. The van der Waals surface area contributed by atoms with Crippen molar-refractivity contribution in [2.45, 2.75) is 32.7 Å². The van der Waals surface area contributed by atoms with Crippen LogP contribution in [0.5, 0.6) is 0 Å². The van der Waals surface area contributed by atoms with Crippen LogP contribution >= 0.6 is 11.6 Å². The molecule has 1 aromatic carbocycles. The summed E-state index contributed by atoms with van der Waals surface area (Å²) in [5.74, 6) is 0.757. The third-order valence-corrected chi connectivity index (χ3v) is 3.80. The lowest BCUT2D eigenvalue weighted by Gasteiger charge is -2.33. The van der Waals surface area contributed by atoms with E-state index in [4.69, 9.17) is 17.3 Å². The number of benzene rings is 1. The van der Waals surface area contributed by atoms with Crippen molar-refractivity contribution in [3.63, 3.8) is 0 Å². The summed E-state index contributed by atoms with van der Waals surface area (Å²) in [6.45, 7) is 6.50. The molecule has 0 aromatic heterocycles. The van der Waals surface area contributed by atoms with Gasteiger partial charge in [0, 0.05) is 19.1 Å². The summed E-state index contributed by atoms with van der Waals surface area (Å²) in [7, 11) is 0. The van der Waals surface area contributed by atoms with Crippen molar-refractivity contribution in [3.05, 3.63) is 28.8 Å². The van der Waals surface area contributed by atoms with E-state index in [1.807, 2.05) is 13.0 Å². The van der Waals surface area contributed by atoms with Gasteiger partial charge in [-0.25, -0.2) is 0 Å². The van der Waals surface area contributed by atoms with Gasteiger partial charge in [0.2, 0.25) is 0 Å². The molecule has 2 rings (SSSR count). The molecule has 1 aliphatic rings. The van der Waals surface area contributed by atoms with Crippen LogP contribution in [0, 0.1) is 5.92 Å². The highest BCUT2D eigenvalue weighted by molar-refractivity contribution is 6.33. The number of halogens is 1. The summed E-state index contributed by atoms with van der Waals surface area (Å²) >= 11 is 6.36. The maximum Gasteiger partial charge on any atom is 0.0642 e. The van der Waals surface area contributed by atoms with E-state index in [-0.39, 0.29) is 6.04 Å². The van der Waals surface area contributed by atoms with Crippen LogP contribution in [0.1, 0.15) is 38.3 Å². The molecule has 1 fully saturated rings. The molecule has 0 amide bonds. The first-order chi connectivity index (χ1) is 8.08. The molecule has 3 heteroatoms. The highest BCUT2D eigenvalue weighted by Gasteiger charge is 2.18. The van der Waals surface area contributed by atoms with E-state index in [1.165, 1.54) is 12.8 Å². The number of piperidine rings is 1. The van der Waals surface area contributed by atoms with Crippen molar-refractivity contribution in [1.29, 1.82) is 0 Å². The summed E-state index contributed by atoms with van der Waals surface area (Å²) in [5, 5.41) is 0.828. The molecule has 2 atom stereocenters. The third kappa shape index (κ3) is 2.93. The molecule has 1 heterocycles. The first kappa shape index (κ1) is 12.7. The van der Waals surface area contributed by atoms with Crippen molar-refractivity contribution < 1.29 is 0 Å². The Labute approximate surface area is 109 Å². The van der Waals surface area contributed by atoms with E-state index in [0.29, 0.717) is 0 Å². The third-order valence-electron chi connectivity index (χ3n) is 3.50. The van der Waals surface area contributed by atoms with E-state index < -0.39 is 0 Å². The lowest BCUT2D eigenvalue weighted by molar-refractivity contribution is 0.447. The van der Waals surface area contributed by atoms with Crippen molar-refractivity contribution in [2.24, 2.45) is 11.7 Å². The van der Waals surface area contributed by atoms with Gasteiger partial charge in [-0.05, 0) is 43.4 Å². The van der Waals surface area contributed by atoms with E-state index in [1.54, 1.807) is 0 Å². The molecule has 17 heavy (non-hydrogen) atoms. The molecule has 1 saturated heterocycles. The number of hydrogen-bond donors (Lipinski definition) is 1. The van der Waals surface area contributed by atoms with Crippen LogP contribution in [-0.2, 0) is 0 Å². The Balaban J connectivity index is 2.21. The van der Waals surface area contributed by atoms with Crippen LogP contribution in [0.4, 0.5) is 5.69 Å². The van der Waals surface area contributed by atoms with Gasteiger partial charge in [-0.1, -0.05) is 24.6 Å². The second-order valence-electron chi connectivity index (χ2n) is 5.19. The lowest BCUT2D eigenvalue weighted by Crippen LogP contribution is -2.34. The largest absolute Gasteiger partial charge is 0.370 e. The second kappa shape index (κ2) is 5.28. The number of nitrogens with zero attached hydrogens (tertiary/aromatic N) is 1. The topological polar surface area (TPSA) is 29.3 Å². The van der Waals surface area contributed by atoms with Gasteiger partial charge in [-0.15, -0.1) is 0 Å². The molecule has 1 aliphatic heterocycles. The van der Waals surface area contributed by atoms with Crippen LogP contribution in [-0.4, -0.2) is 13.1 Å². The zero-order valence-corrected chi connectivity index (χ0v) is 11.4. The molecular weight excluding hydrogens is 232 g/mol. The predicted molar refractivity (Wildman–Crippen MR) is 74.7 cm³/mol. The second-order valence-corrected chi connectivity index (χ2v) is 5.60. The summed E-state index contributed by atoms with van der Waals surface area (Å²) in [5.41, 5.74) is 8.12. The summed E-state index contributed by atoms with van der Waals surface area (Å²) in [6.07, 6.45) is 2.58. The van der Waals surface area contributed by atoms with Gasteiger partial charge in [-0.2, -0.15) is 0 Å². The Morgan fingerprint density at radius 2 is 2.24 bits per heavy atom.